The van der Waals surface area contributed by atoms with E-state index in [-0.39, 0.29) is 12.0 Å². The van der Waals surface area contributed by atoms with Crippen molar-refractivity contribution in [2.24, 2.45) is 0 Å². The van der Waals surface area contributed by atoms with Crippen LogP contribution in [-0.4, -0.2) is 22.6 Å². The molecule has 0 N–H and O–H groups in total. The van der Waals surface area contributed by atoms with E-state index in [4.69, 9.17) is 4.74 Å². The predicted molar refractivity (Wildman–Crippen MR) is 66.1 cm³/mol. The number of thiophene rings is 1. The van der Waals surface area contributed by atoms with Crippen LogP contribution < -0.4 is 0 Å². The molecule has 0 saturated heterocycles. The Kier molecular flexibility index (Phi) is 3.58. The van der Waals surface area contributed by atoms with E-state index >= 15 is 0 Å². The molecule has 0 fully saturated rings. The van der Waals surface area contributed by atoms with E-state index in [0.29, 0.717) is 0 Å². The first-order chi connectivity index (χ1) is 8.22. The van der Waals surface area contributed by atoms with Crippen molar-refractivity contribution in [1.29, 1.82) is 0 Å². The number of methoxy groups -OCH3 is 1. The number of nitrogens with zero attached hydrogens (tertiary/aromatic N) is 2. The number of aromatic nitrogens is 2. The Labute approximate surface area is 104 Å². The highest BCUT2D eigenvalue weighted by atomic mass is 32.1. The molecule has 2 aromatic heterocycles. The molecule has 1 atom stereocenters. The van der Waals surface area contributed by atoms with Gasteiger partial charge in [0.1, 0.15) is 11.9 Å². The van der Waals surface area contributed by atoms with Gasteiger partial charge in [-0.15, -0.1) is 11.3 Å². The number of ether oxygens (including phenoxy) is 1. The molecule has 0 spiro atoms. The van der Waals surface area contributed by atoms with Crippen LogP contribution >= 0.6 is 11.3 Å². The Morgan fingerprint density at radius 2 is 2.47 bits per heavy atom. The van der Waals surface area contributed by atoms with Crippen LogP contribution in [0.1, 0.15) is 23.7 Å². The van der Waals surface area contributed by atoms with Gasteiger partial charge in [0.2, 0.25) is 0 Å². The van der Waals surface area contributed by atoms with Crippen molar-refractivity contribution in [2.45, 2.75) is 19.4 Å². The second-order valence-corrected chi connectivity index (χ2v) is 4.74. The van der Waals surface area contributed by atoms with E-state index in [9.17, 15) is 4.79 Å². The summed E-state index contributed by atoms with van der Waals surface area (Å²) in [6.45, 7) is 1.81. The zero-order valence-corrected chi connectivity index (χ0v) is 10.6. The molecule has 0 aliphatic carbocycles. The zero-order valence-electron chi connectivity index (χ0n) is 9.79. The maximum atomic E-state index is 11.5. The van der Waals surface area contributed by atoms with E-state index < -0.39 is 0 Å². The summed E-state index contributed by atoms with van der Waals surface area (Å²) in [5.74, 6) is 0.626. The summed E-state index contributed by atoms with van der Waals surface area (Å²) in [6, 6.07) is 3.74. The molecule has 2 rings (SSSR count). The third-order valence-electron chi connectivity index (χ3n) is 2.62. The molecule has 0 amide bonds. The Bertz CT molecular complexity index is 490. The van der Waals surface area contributed by atoms with Gasteiger partial charge in [0.25, 0.3) is 0 Å². The normalized spacial score (nSPS) is 12.4. The number of hydrogen-bond acceptors (Lipinski definition) is 4. The molecule has 0 aliphatic heterocycles. The number of hydrogen-bond donors (Lipinski definition) is 0. The molecular weight excluding hydrogens is 236 g/mol. The van der Waals surface area contributed by atoms with Crippen LogP contribution in [0.3, 0.4) is 0 Å². The van der Waals surface area contributed by atoms with Crippen LogP contribution in [0.15, 0.2) is 29.9 Å². The van der Waals surface area contributed by atoms with E-state index in [1.54, 1.807) is 17.5 Å². The summed E-state index contributed by atoms with van der Waals surface area (Å²) in [5, 5.41) is 2.03. The fraction of sp³-hybridized carbons (Fsp3) is 0.333. The number of carbonyl (C=O) groups excluding carboxylic acids is 1. The summed E-state index contributed by atoms with van der Waals surface area (Å²) in [5.41, 5.74) is 0. The standard InChI is InChI=1S/C12H14N2O2S/c1-9(12(15)16-2)14-6-5-13-11(14)8-10-4-3-7-17-10/h3-7,9H,8H2,1-2H3. The highest BCUT2D eigenvalue weighted by Crippen LogP contribution is 2.17. The second kappa shape index (κ2) is 5.14. The number of esters is 1. The molecule has 5 heteroatoms. The van der Waals surface area contributed by atoms with Crippen LogP contribution in [-0.2, 0) is 16.0 Å². The summed E-state index contributed by atoms with van der Waals surface area (Å²) in [6.07, 6.45) is 4.26. The lowest BCUT2D eigenvalue weighted by Crippen LogP contribution is -2.19. The van der Waals surface area contributed by atoms with Gasteiger partial charge in [-0.1, -0.05) is 6.07 Å². The molecule has 0 aromatic carbocycles. The summed E-state index contributed by atoms with van der Waals surface area (Å²) in [4.78, 5) is 17.0. The van der Waals surface area contributed by atoms with Gasteiger partial charge < -0.3 is 9.30 Å². The van der Waals surface area contributed by atoms with Gasteiger partial charge in [0.05, 0.1) is 7.11 Å². The predicted octanol–water partition coefficient (Wildman–Crippen LogP) is 2.27. The van der Waals surface area contributed by atoms with E-state index in [1.807, 2.05) is 29.1 Å². The van der Waals surface area contributed by atoms with Crippen molar-refractivity contribution in [3.8, 4) is 0 Å². The molecule has 90 valence electrons. The SMILES string of the molecule is COC(=O)C(C)n1ccnc1Cc1cccs1. The van der Waals surface area contributed by atoms with Crippen LogP contribution in [0.2, 0.25) is 0 Å². The lowest BCUT2D eigenvalue weighted by molar-refractivity contribution is -0.144. The first kappa shape index (κ1) is 11.9. The number of carbonyl (C=O) groups is 1. The molecule has 1 unspecified atom stereocenters. The molecule has 2 heterocycles. The molecular formula is C12H14N2O2S. The number of imidazole rings is 1. The van der Waals surface area contributed by atoms with Crippen molar-refractivity contribution in [3.05, 3.63) is 40.6 Å². The van der Waals surface area contributed by atoms with Crippen LogP contribution in [0.25, 0.3) is 0 Å². The highest BCUT2D eigenvalue weighted by molar-refractivity contribution is 7.09. The molecule has 17 heavy (non-hydrogen) atoms. The summed E-state index contributed by atoms with van der Waals surface area (Å²) in [7, 11) is 1.40. The van der Waals surface area contributed by atoms with E-state index in [0.717, 1.165) is 12.2 Å². The summed E-state index contributed by atoms with van der Waals surface area (Å²) >= 11 is 1.69. The van der Waals surface area contributed by atoms with Crippen LogP contribution in [0.4, 0.5) is 0 Å². The quantitative estimate of drug-likeness (QED) is 0.782. The maximum Gasteiger partial charge on any atom is 0.328 e. The van der Waals surface area contributed by atoms with Gasteiger partial charge in [0.15, 0.2) is 0 Å². The minimum Gasteiger partial charge on any atom is -0.467 e. The maximum absolute atomic E-state index is 11.5. The van der Waals surface area contributed by atoms with Crippen molar-refractivity contribution in [1.82, 2.24) is 9.55 Å². The van der Waals surface area contributed by atoms with Crippen molar-refractivity contribution < 1.29 is 9.53 Å². The van der Waals surface area contributed by atoms with Crippen molar-refractivity contribution in [2.75, 3.05) is 7.11 Å². The first-order valence-electron chi connectivity index (χ1n) is 5.34. The van der Waals surface area contributed by atoms with Crippen LogP contribution in [0, 0.1) is 0 Å². The third kappa shape index (κ3) is 2.55. The Morgan fingerprint density at radius 3 is 3.12 bits per heavy atom. The Hall–Kier alpha value is -1.62. The third-order valence-corrected chi connectivity index (χ3v) is 3.50. The van der Waals surface area contributed by atoms with Crippen molar-refractivity contribution >= 4 is 17.3 Å². The minimum atomic E-state index is -0.336. The van der Waals surface area contributed by atoms with Gasteiger partial charge in [-0.05, 0) is 18.4 Å². The van der Waals surface area contributed by atoms with E-state index in [1.165, 1.54) is 12.0 Å². The van der Waals surface area contributed by atoms with Gasteiger partial charge in [-0.3, -0.25) is 0 Å². The molecule has 0 aliphatic rings. The average Bonchev–Trinajstić information content (AvgIpc) is 2.99. The molecule has 0 radical (unpaired) electrons. The topological polar surface area (TPSA) is 44.1 Å². The Balaban J connectivity index is 2.19. The van der Waals surface area contributed by atoms with Gasteiger partial charge >= 0.3 is 5.97 Å². The van der Waals surface area contributed by atoms with Gasteiger partial charge in [-0.25, -0.2) is 9.78 Å². The number of rotatable bonds is 4. The van der Waals surface area contributed by atoms with E-state index in [2.05, 4.69) is 11.1 Å². The second-order valence-electron chi connectivity index (χ2n) is 3.71. The average molecular weight is 250 g/mol. The van der Waals surface area contributed by atoms with Crippen molar-refractivity contribution in [3.63, 3.8) is 0 Å². The lowest BCUT2D eigenvalue weighted by atomic mass is 10.3. The zero-order chi connectivity index (χ0) is 12.3. The Morgan fingerprint density at radius 1 is 1.65 bits per heavy atom. The fourth-order valence-corrected chi connectivity index (χ4v) is 2.39. The smallest absolute Gasteiger partial charge is 0.328 e. The van der Waals surface area contributed by atoms with Gasteiger partial charge in [-0.2, -0.15) is 0 Å². The molecule has 0 bridgehead atoms. The lowest BCUT2D eigenvalue weighted by Gasteiger charge is -2.13. The largest absolute Gasteiger partial charge is 0.467 e. The minimum absolute atomic E-state index is 0.254. The fourth-order valence-electron chi connectivity index (χ4n) is 1.69. The van der Waals surface area contributed by atoms with Crippen LogP contribution in [0.5, 0.6) is 0 Å². The monoisotopic (exact) mass is 250 g/mol. The molecule has 2 aromatic rings. The molecule has 4 nitrogen and oxygen atoms in total. The summed E-state index contributed by atoms with van der Waals surface area (Å²) < 4.78 is 6.59. The first-order valence-corrected chi connectivity index (χ1v) is 6.22. The highest BCUT2D eigenvalue weighted by Gasteiger charge is 2.18. The molecule has 0 saturated carbocycles. The van der Waals surface area contributed by atoms with Gasteiger partial charge in [0, 0.05) is 23.7 Å².